The van der Waals surface area contributed by atoms with Crippen LogP contribution in [0.15, 0.2) is 59.4 Å². The second kappa shape index (κ2) is 12.1. The van der Waals surface area contributed by atoms with E-state index in [-0.39, 0.29) is 5.56 Å². The average molecular weight is 479 g/mol. The van der Waals surface area contributed by atoms with Crippen molar-refractivity contribution in [3.8, 4) is 0 Å². The van der Waals surface area contributed by atoms with Crippen LogP contribution < -0.4 is 10.9 Å². The van der Waals surface area contributed by atoms with E-state index in [1.807, 2.05) is 25.1 Å². The maximum atomic E-state index is 12.9. The number of nitrogens with zero attached hydrogens (tertiary/aromatic N) is 2. The number of rotatable bonds is 9. The first-order chi connectivity index (χ1) is 16.6. The molecule has 1 saturated heterocycles. The molecule has 2 N–H and O–H groups in total. The Morgan fingerprint density at radius 3 is 2.74 bits per heavy atom. The molecule has 0 atom stereocenters. The highest BCUT2D eigenvalue weighted by Crippen LogP contribution is 2.14. The lowest BCUT2D eigenvalue weighted by Crippen LogP contribution is -2.43. The molecule has 0 bridgehead atoms. The molecule has 180 valence electrons. The minimum atomic E-state index is -0.0524. The maximum absolute atomic E-state index is 12.9. The fourth-order valence-corrected chi connectivity index (χ4v) is 4.57. The molecule has 0 unspecified atom stereocenters. The molecule has 1 aromatic heterocycles. The molecule has 1 fully saturated rings. The number of fused-ring (bicyclic) bond motifs is 1. The van der Waals surface area contributed by atoms with Gasteiger partial charge in [-0.1, -0.05) is 42.5 Å². The third-order valence-electron chi connectivity index (χ3n) is 6.27. The van der Waals surface area contributed by atoms with Crippen LogP contribution in [0.5, 0.6) is 0 Å². The summed E-state index contributed by atoms with van der Waals surface area (Å²) < 4.78 is 5.46. The maximum Gasteiger partial charge on any atom is 0.253 e. The zero-order chi connectivity index (χ0) is 23.8. The van der Waals surface area contributed by atoms with E-state index in [0.29, 0.717) is 11.7 Å². The molecule has 2 aromatic carbocycles. The quantitative estimate of drug-likeness (QED) is 0.459. The highest BCUT2D eigenvalue weighted by molar-refractivity contribution is 7.80. The van der Waals surface area contributed by atoms with Crippen molar-refractivity contribution in [3.05, 3.63) is 81.6 Å². The Morgan fingerprint density at radius 1 is 1.15 bits per heavy atom. The summed E-state index contributed by atoms with van der Waals surface area (Å²) in [5.74, 6) is 0. The summed E-state index contributed by atoms with van der Waals surface area (Å²) in [4.78, 5) is 20.5. The molecule has 0 radical (unpaired) electrons. The second-order valence-corrected chi connectivity index (χ2v) is 9.30. The van der Waals surface area contributed by atoms with Crippen molar-refractivity contribution < 1.29 is 4.74 Å². The van der Waals surface area contributed by atoms with Crippen molar-refractivity contribution in [3.63, 3.8) is 0 Å². The third-order valence-corrected chi connectivity index (χ3v) is 6.67. The van der Waals surface area contributed by atoms with Gasteiger partial charge in [0.25, 0.3) is 5.56 Å². The summed E-state index contributed by atoms with van der Waals surface area (Å²) in [5, 5.41) is 5.15. The van der Waals surface area contributed by atoms with Crippen molar-refractivity contribution in [1.82, 2.24) is 20.1 Å². The van der Waals surface area contributed by atoms with E-state index in [0.717, 1.165) is 80.8 Å². The Labute approximate surface area is 206 Å². The fraction of sp³-hybridized carbons (Fsp3) is 0.407. The van der Waals surface area contributed by atoms with Crippen molar-refractivity contribution in [2.45, 2.75) is 26.3 Å². The number of hydrogen-bond donors (Lipinski definition) is 2. The average Bonchev–Trinajstić information content (AvgIpc) is 2.85. The first kappa shape index (κ1) is 24.4. The number of aromatic amines is 1. The van der Waals surface area contributed by atoms with Gasteiger partial charge < -0.3 is 19.9 Å². The summed E-state index contributed by atoms with van der Waals surface area (Å²) >= 11 is 5.79. The minimum absolute atomic E-state index is 0.0524. The number of morpholine rings is 1. The van der Waals surface area contributed by atoms with E-state index in [2.05, 4.69) is 56.5 Å². The van der Waals surface area contributed by atoms with Gasteiger partial charge in [-0.05, 0) is 60.6 Å². The minimum Gasteiger partial charge on any atom is -0.379 e. The van der Waals surface area contributed by atoms with E-state index in [4.69, 9.17) is 17.0 Å². The number of hydrogen-bond acceptors (Lipinski definition) is 4. The van der Waals surface area contributed by atoms with Crippen LogP contribution in [0.25, 0.3) is 10.9 Å². The van der Waals surface area contributed by atoms with E-state index in [1.54, 1.807) is 0 Å². The molecule has 4 rings (SSSR count). The number of pyridine rings is 1. The van der Waals surface area contributed by atoms with Crippen LogP contribution in [0.2, 0.25) is 0 Å². The lowest BCUT2D eigenvalue weighted by atomic mass is 10.1. The first-order valence-electron chi connectivity index (χ1n) is 12.1. The molecule has 2 heterocycles. The number of thiocarbonyl (C=S) groups is 1. The Morgan fingerprint density at radius 2 is 1.94 bits per heavy atom. The van der Waals surface area contributed by atoms with Crippen LogP contribution in [0.4, 0.5) is 0 Å². The summed E-state index contributed by atoms with van der Waals surface area (Å²) in [5.41, 5.74) is 3.96. The number of ether oxygens (including phenoxy) is 1. The molecule has 1 aliphatic heterocycles. The van der Waals surface area contributed by atoms with Crippen molar-refractivity contribution in [2.75, 3.05) is 45.9 Å². The molecule has 6 nitrogen and oxygen atoms in total. The number of aryl methyl sites for hydroxylation is 1. The van der Waals surface area contributed by atoms with Crippen molar-refractivity contribution >= 4 is 28.2 Å². The van der Waals surface area contributed by atoms with Gasteiger partial charge in [0.05, 0.1) is 19.8 Å². The van der Waals surface area contributed by atoms with E-state index in [9.17, 15) is 4.79 Å². The number of nitrogens with one attached hydrogen (secondary N) is 2. The van der Waals surface area contributed by atoms with Gasteiger partial charge in [0.1, 0.15) is 0 Å². The summed E-state index contributed by atoms with van der Waals surface area (Å²) in [7, 11) is 0. The molecular formula is C27H34N4O2S. The van der Waals surface area contributed by atoms with Crippen LogP contribution in [0, 0.1) is 6.92 Å². The Balaban J connectivity index is 1.42. The normalized spacial score (nSPS) is 14.3. The van der Waals surface area contributed by atoms with Crippen LogP contribution in [-0.4, -0.2) is 65.8 Å². The SMILES string of the molecule is Cc1ccc2cc(CN(CCCN3CCOCC3)C(=S)NCCc3ccccc3)c(=O)[nH]c2c1. The molecule has 0 amide bonds. The van der Waals surface area contributed by atoms with E-state index < -0.39 is 0 Å². The Hall–Kier alpha value is -2.74. The number of benzene rings is 2. The van der Waals surface area contributed by atoms with E-state index >= 15 is 0 Å². The van der Waals surface area contributed by atoms with Crippen LogP contribution >= 0.6 is 12.2 Å². The summed E-state index contributed by atoms with van der Waals surface area (Å²) in [6, 6.07) is 18.5. The summed E-state index contributed by atoms with van der Waals surface area (Å²) in [6.07, 6.45) is 1.88. The molecule has 1 aliphatic rings. The van der Waals surface area contributed by atoms with Crippen LogP contribution in [-0.2, 0) is 17.7 Å². The van der Waals surface area contributed by atoms with Gasteiger partial charge in [-0.25, -0.2) is 0 Å². The van der Waals surface area contributed by atoms with Gasteiger partial charge in [0.15, 0.2) is 5.11 Å². The molecule has 7 heteroatoms. The van der Waals surface area contributed by atoms with Gasteiger partial charge in [-0.3, -0.25) is 9.69 Å². The number of H-pyrrole nitrogens is 1. The summed E-state index contributed by atoms with van der Waals surface area (Å²) in [6.45, 7) is 8.62. The topological polar surface area (TPSA) is 60.6 Å². The monoisotopic (exact) mass is 478 g/mol. The van der Waals surface area contributed by atoms with Gasteiger partial charge in [0, 0.05) is 43.8 Å². The lowest BCUT2D eigenvalue weighted by Gasteiger charge is -2.29. The Bertz CT molecular complexity index is 1140. The molecule has 34 heavy (non-hydrogen) atoms. The first-order valence-corrected chi connectivity index (χ1v) is 12.5. The smallest absolute Gasteiger partial charge is 0.253 e. The molecule has 0 spiro atoms. The van der Waals surface area contributed by atoms with Crippen LogP contribution in [0.3, 0.4) is 0 Å². The molecule has 0 saturated carbocycles. The van der Waals surface area contributed by atoms with Crippen molar-refractivity contribution in [2.24, 2.45) is 0 Å². The van der Waals surface area contributed by atoms with Crippen LogP contribution in [0.1, 0.15) is 23.1 Å². The van der Waals surface area contributed by atoms with Gasteiger partial charge >= 0.3 is 0 Å². The molecular weight excluding hydrogens is 444 g/mol. The highest BCUT2D eigenvalue weighted by Gasteiger charge is 2.15. The zero-order valence-corrected chi connectivity index (χ0v) is 20.7. The van der Waals surface area contributed by atoms with Gasteiger partial charge in [-0.2, -0.15) is 0 Å². The van der Waals surface area contributed by atoms with Gasteiger partial charge in [0.2, 0.25) is 0 Å². The third kappa shape index (κ3) is 6.88. The predicted molar refractivity (Wildman–Crippen MR) is 142 cm³/mol. The lowest BCUT2D eigenvalue weighted by molar-refractivity contribution is 0.0367. The van der Waals surface area contributed by atoms with E-state index in [1.165, 1.54) is 5.56 Å². The molecule has 0 aliphatic carbocycles. The highest BCUT2D eigenvalue weighted by atomic mass is 32.1. The predicted octanol–water partition coefficient (Wildman–Crippen LogP) is 3.48. The second-order valence-electron chi connectivity index (χ2n) is 8.91. The number of aromatic nitrogens is 1. The Kier molecular flexibility index (Phi) is 8.68. The standard InChI is InChI=1S/C27H34N4O2S/c1-21-8-9-23-19-24(26(32)29-25(23)18-21)20-31(13-5-12-30-14-16-33-17-15-30)27(34)28-11-10-22-6-3-2-4-7-22/h2-4,6-9,18-19H,5,10-17,20H2,1H3,(H,28,34)(H,29,32). The zero-order valence-electron chi connectivity index (χ0n) is 19.9. The van der Waals surface area contributed by atoms with Gasteiger partial charge in [-0.15, -0.1) is 0 Å². The largest absolute Gasteiger partial charge is 0.379 e. The van der Waals surface area contributed by atoms with Crippen molar-refractivity contribution in [1.29, 1.82) is 0 Å². The fourth-order valence-electron chi connectivity index (χ4n) is 4.32. The molecule has 3 aromatic rings.